The van der Waals surface area contributed by atoms with Gasteiger partial charge >= 0.3 is 0 Å². The van der Waals surface area contributed by atoms with E-state index in [-0.39, 0.29) is 37.6 Å². The van der Waals surface area contributed by atoms with Gasteiger partial charge < -0.3 is 5.11 Å². The largest absolute Gasteiger partial charge is 0.507 e. The van der Waals surface area contributed by atoms with Crippen molar-refractivity contribution in [1.29, 1.82) is 0 Å². The van der Waals surface area contributed by atoms with Crippen molar-refractivity contribution in [2.75, 3.05) is 0 Å². The Kier molecular flexibility index (Phi) is 11.0. The molecule has 0 aliphatic heterocycles. The Bertz CT molecular complexity index is 2780. The van der Waals surface area contributed by atoms with Crippen LogP contribution in [0.2, 0.25) is 0 Å². The Balaban J connectivity index is 0.00000512. The van der Waals surface area contributed by atoms with Crippen molar-refractivity contribution in [1.82, 2.24) is 14.5 Å². The molecule has 0 atom stereocenters. The van der Waals surface area contributed by atoms with Gasteiger partial charge in [-0.25, -0.2) is 4.98 Å². The summed E-state index contributed by atoms with van der Waals surface area (Å²) in [6.07, 6.45) is 1.89. The first-order valence-electron chi connectivity index (χ1n) is 19.8. The zero-order chi connectivity index (χ0) is 40.2. The fourth-order valence-electron chi connectivity index (χ4n) is 7.84. The van der Waals surface area contributed by atoms with E-state index >= 15 is 0 Å². The minimum atomic E-state index is -0.144. The van der Waals surface area contributed by atoms with Gasteiger partial charge in [0.05, 0.1) is 16.6 Å². The Labute approximate surface area is 358 Å². The van der Waals surface area contributed by atoms with Gasteiger partial charge in [-0.3, -0.25) is 9.55 Å². The van der Waals surface area contributed by atoms with E-state index in [2.05, 4.69) is 181 Å². The quantitative estimate of drug-likeness (QED) is 0.169. The fourth-order valence-corrected chi connectivity index (χ4v) is 7.84. The van der Waals surface area contributed by atoms with E-state index in [1.165, 1.54) is 27.8 Å². The van der Waals surface area contributed by atoms with E-state index < -0.39 is 0 Å². The second-order valence-corrected chi connectivity index (χ2v) is 17.5. The van der Waals surface area contributed by atoms with Gasteiger partial charge in [-0.2, -0.15) is 0 Å². The van der Waals surface area contributed by atoms with Gasteiger partial charge in [0, 0.05) is 38.6 Å². The van der Waals surface area contributed by atoms with Crippen molar-refractivity contribution >= 4 is 11.0 Å². The van der Waals surface area contributed by atoms with Gasteiger partial charge in [-0.15, -0.1) is 29.3 Å². The molecule has 0 bridgehead atoms. The number of pyridine rings is 1. The molecule has 0 aliphatic carbocycles. The Morgan fingerprint density at radius 3 is 2.02 bits per heavy atom. The number of benzene rings is 6. The van der Waals surface area contributed by atoms with Crippen molar-refractivity contribution in [2.45, 2.75) is 73.1 Å². The maximum atomic E-state index is 11.7. The van der Waals surface area contributed by atoms with Crippen LogP contribution in [-0.4, -0.2) is 19.6 Å². The Morgan fingerprint density at radius 1 is 0.586 bits per heavy atom. The monoisotopic (exact) mass is 939 g/mol. The Morgan fingerprint density at radius 2 is 1.31 bits per heavy atom. The van der Waals surface area contributed by atoms with Gasteiger partial charge in [0.25, 0.3) is 0 Å². The molecule has 58 heavy (non-hydrogen) atoms. The average Bonchev–Trinajstić information content (AvgIpc) is 3.58. The summed E-state index contributed by atoms with van der Waals surface area (Å²) in [4.78, 5) is 10.3. The van der Waals surface area contributed by atoms with Crippen molar-refractivity contribution in [3.8, 4) is 67.5 Å². The first-order chi connectivity index (χ1) is 27.2. The molecule has 5 heteroatoms. The summed E-state index contributed by atoms with van der Waals surface area (Å²) < 4.78 is 2.22. The molecular formula is C53H50N3OPt-. The molecule has 6 aromatic carbocycles. The second-order valence-electron chi connectivity index (χ2n) is 17.5. The molecule has 294 valence electrons. The smallest absolute Gasteiger partial charge is 0.148 e. The molecular weight excluding hydrogens is 890 g/mol. The fraction of sp³-hybridized carbons (Fsp3) is 0.208. The molecule has 0 saturated carbocycles. The molecule has 2 aromatic heterocycles. The van der Waals surface area contributed by atoms with Crippen molar-refractivity contribution < 1.29 is 26.2 Å². The minimum absolute atomic E-state index is 0. The summed E-state index contributed by atoms with van der Waals surface area (Å²) in [6.45, 7) is 19.7. The predicted octanol–water partition coefficient (Wildman–Crippen LogP) is 13.8. The molecule has 8 aromatic rings. The van der Waals surface area contributed by atoms with Crippen LogP contribution in [0.3, 0.4) is 0 Å². The number of fused-ring (bicyclic) bond motifs is 1. The molecule has 0 aliphatic rings. The maximum Gasteiger partial charge on any atom is 0.148 e. The predicted molar refractivity (Wildman–Crippen MR) is 238 cm³/mol. The van der Waals surface area contributed by atoms with Crippen molar-refractivity contribution in [3.63, 3.8) is 0 Å². The number of aromatic hydroxyl groups is 1. The van der Waals surface area contributed by atoms with E-state index in [9.17, 15) is 5.11 Å². The number of aryl methyl sites for hydroxylation is 3. The number of rotatable bonds is 6. The Hall–Kier alpha value is -5.57. The molecule has 0 amide bonds. The summed E-state index contributed by atoms with van der Waals surface area (Å²) in [5.74, 6) is 0.924. The number of phenolic OH excluding ortho intramolecular Hbond substituents is 1. The van der Waals surface area contributed by atoms with E-state index in [1.54, 1.807) is 0 Å². The number of phenols is 1. The van der Waals surface area contributed by atoms with Crippen LogP contribution in [0.15, 0.2) is 134 Å². The number of para-hydroxylation sites is 1. The molecule has 1 N–H and O–H groups in total. The molecule has 0 spiro atoms. The molecule has 0 unspecified atom stereocenters. The van der Waals surface area contributed by atoms with Crippen LogP contribution in [0.4, 0.5) is 0 Å². The zero-order valence-electron chi connectivity index (χ0n) is 34.8. The van der Waals surface area contributed by atoms with Gasteiger partial charge in [-0.1, -0.05) is 143 Å². The minimum Gasteiger partial charge on any atom is -0.507 e. The second kappa shape index (κ2) is 15.6. The summed E-state index contributed by atoms with van der Waals surface area (Å²) in [7, 11) is 0. The zero-order valence-corrected chi connectivity index (χ0v) is 37.1. The molecule has 8 rings (SSSR count). The standard InChI is InChI=1S/C53H50N3O.Pt/c1-33-18-20-36(21-19-33)38-24-25-54-47(31-38)40-28-39(29-41(30-40)52(4,5)6)44-16-13-17-48-49(44)55-51(45-27-34(2)26-35(3)50(45)57)56(48)42-22-23-43(37-14-11-10-12-15-37)46(32-42)53(7,8)9;/h10-27,29-32,57H,1-9H3;/q-1;. The van der Waals surface area contributed by atoms with Gasteiger partial charge in [0.1, 0.15) is 11.6 Å². The third-order valence-corrected chi connectivity index (χ3v) is 11.0. The first-order valence-corrected chi connectivity index (χ1v) is 19.8. The maximum absolute atomic E-state index is 11.7. The number of hydrogen-bond acceptors (Lipinski definition) is 3. The van der Waals surface area contributed by atoms with Crippen LogP contribution in [0, 0.1) is 26.8 Å². The van der Waals surface area contributed by atoms with E-state index in [4.69, 9.17) is 9.97 Å². The molecule has 4 nitrogen and oxygen atoms in total. The molecule has 0 saturated heterocycles. The van der Waals surface area contributed by atoms with Gasteiger partial charge in [0.15, 0.2) is 0 Å². The van der Waals surface area contributed by atoms with E-state index in [0.29, 0.717) is 11.4 Å². The number of hydrogen-bond donors (Lipinski definition) is 1. The number of nitrogens with zero attached hydrogens (tertiary/aromatic N) is 3. The molecule has 0 radical (unpaired) electrons. The van der Waals surface area contributed by atoms with Crippen LogP contribution >= 0.6 is 0 Å². The number of imidazole rings is 1. The van der Waals surface area contributed by atoms with Crippen LogP contribution in [0.5, 0.6) is 5.75 Å². The summed E-state index contributed by atoms with van der Waals surface area (Å²) in [5, 5.41) is 11.7. The topological polar surface area (TPSA) is 50.9 Å². The first kappa shape index (κ1) is 40.6. The van der Waals surface area contributed by atoms with Crippen molar-refractivity contribution in [2.24, 2.45) is 0 Å². The van der Waals surface area contributed by atoms with Crippen LogP contribution in [0.1, 0.15) is 69.4 Å². The van der Waals surface area contributed by atoms with E-state index in [0.717, 1.165) is 61.4 Å². The van der Waals surface area contributed by atoms with E-state index in [1.807, 2.05) is 25.3 Å². The van der Waals surface area contributed by atoms with Crippen LogP contribution in [0.25, 0.3) is 72.7 Å². The molecule has 2 heterocycles. The van der Waals surface area contributed by atoms with Crippen LogP contribution in [-0.2, 0) is 31.9 Å². The third kappa shape index (κ3) is 7.83. The van der Waals surface area contributed by atoms with Gasteiger partial charge in [-0.05, 0) is 101 Å². The summed E-state index contributed by atoms with van der Waals surface area (Å²) >= 11 is 0. The SMILES string of the molecule is Cc1ccc(-c2ccnc(-c3[c-]c(-c4cccc5c4nc(-c4cc(C)cc(C)c4O)n5-c4ccc(-c5ccccc5)c(C(C)(C)C)c4)cc(C(C)(C)C)c3)c2)cc1.[Pt]. The third-order valence-electron chi connectivity index (χ3n) is 11.0. The van der Waals surface area contributed by atoms with Crippen molar-refractivity contribution in [3.05, 3.63) is 167 Å². The summed E-state index contributed by atoms with van der Waals surface area (Å²) in [5.41, 5.74) is 17.1. The number of aromatic nitrogens is 3. The molecule has 0 fully saturated rings. The van der Waals surface area contributed by atoms with Gasteiger partial charge in [0.2, 0.25) is 0 Å². The average molecular weight is 940 g/mol. The summed E-state index contributed by atoms with van der Waals surface area (Å²) in [6, 6.07) is 48.9. The normalized spacial score (nSPS) is 11.8. The van der Waals surface area contributed by atoms with Crippen LogP contribution < -0.4 is 0 Å².